The Morgan fingerprint density at radius 1 is 1.26 bits per heavy atom. The fraction of sp³-hybridized carbons (Fsp3) is 0.600. The molecule has 0 aromatic heterocycles. The highest BCUT2D eigenvalue weighted by Crippen LogP contribution is 2.48. The van der Waals surface area contributed by atoms with Crippen LogP contribution in [0.2, 0.25) is 0 Å². The van der Waals surface area contributed by atoms with E-state index in [-0.39, 0.29) is 12.0 Å². The molecule has 0 radical (unpaired) electrons. The number of hydrogen-bond acceptors (Lipinski definition) is 3. The Bertz CT molecular complexity index is 558. The third-order valence-corrected chi connectivity index (χ3v) is 4.62. The molecule has 1 rings (SSSR count). The fourth-order valence-corrected chi connectivity index (χ4v) is 2.64. The van der Waals surface area contributed by atoms with Crippen molar-refractivity contribution in [2.75, 3.05) is 6.61 Å². The first kappa shape index (κ1) is 20.2. The molecule has 23 heavy (non-hydrogen) atoms. The minimum Gasteiger partial charge on any atom is -0.302 e. The molecule has 1 aromatic rings. The number of benzene rings is 1. The second-order valence-electron chi connectivity index (χ2n) is 5.88. The summed E-state index contributed by atoms with van der Waals surface area (Å²) in [5.74, 6) is 0. The molecule has 4 nitrogen and oxygen atoms in total. The molecule has 1 N–H and O–H groups in total. The molecule has 0 saturated carbocycles. The summed E-state index contributed by atoms with van der Waals surface area (Å²) in [6.07, 6.45) is -3.40. The lowest BCUT2D eigenvalue weighted by molar-refractivity contribution is -0.282. The second-order valence-corrected chi connectivity index (χ2v) is 7.26. The van der Waals surface area contributed by atoms with Gasteiger partial charge >= 0.3 is 14.2 Å². The summed E-state index contributed by atoms with van der Waals surface area (Å²) < 4.78 is 54.1. The van der Waals surface area contributed by atoms with Crippen molar-refractivity contribution in [3.05, 3.63) is 35.4 Å². The van der Waals surface area contributed by atoms with Gasteiger partial charge in [0.25, 0.3) is 0 Å². The first-order valence-corrected chi connectivity index (χ1v) is 8.79. The maximum atomic E-state index is 11.9. The fourth-order valence-electron chi connectivity index (χ4n) is 1.97. The summed E-state index contributed by atoms with van der Waals surface area (Å²) in [6, 6.07) is 7.89. The average molecular weight is 354 g/mol. The number of rotatable bonds is 8. The van der Waals surface area contributed by atoms with Crippen molar-refractivity contribution in [1.29, 1.82) is 0 Å². The Labute approximate surface area is 134 Å². The van der Waals surface area contributed by atoms with Gasteiger partial charge in [-0.3, -0.25) is 4.52 Å². The third-order valence-electron chi connectivity index (χ3n) is 3.68. The van der Waals surface area contributed by atoms with E-state index < -0.39 is 14.2 Å². The van der Waals surface area contributed by atoms with E-state index in [4.69, 9.17) is 4.89 Å². The van der Waals surface area contributed by atoms with Gasteiger partial charge in [0.15, 0.2) is 0 Å². The summed E-state index contributed by atoms with van der Waals surface area (Å²) in [6.45, 7) is 6.06. The molecule has 8 heteroatoms. The van der Waals surface area contributed by atoms with Crippen molar-refractivity contribution in [1.82, 2.24) is 0 Å². The Kier molecular flexibility index (Phi) is 6.83. The Morgan fingerprint density at radius 3 is 2.48 bits per heavy atom. The predicted molar refractivity (Wildman–Crippen MR) is 81.0 cm³/mol. The van der Waals surface area contributed by atoms with E-state index >= 15 is 0 Å². The van der Waals surface area contributed by atoms with E-state index in [0.717, 1.165) is 12.0 Å². The van der Waals surface area contributed by atoms with Gasteiger partial charge in [-0.25, -0.2) is 4.57 Å². The van der Waals surface area contributed by atoms with Crippen LogP contribution >= 0.6 is 7.82 Å². The van der Waals surface area contributed by atoms with E-state index in [1.54, 1.807) is 0 Å². The number of hydrogen-bond donors (Lipinski definition) is 1. The normalized spacial score (nSPS) is 15.4. The summed E-state index contributed by atoms with van der Waals surface area (Å²) in [5, 5.41) is 0. The zero-order valence-electron chi connectivity index (χ0n) is 13.4. The molecular weight excluding hydrogens is 332 g/mol. The molecule has 0 amide bonds. The van der Waals surface area contributed by atoms with Gasteiger partial charge < -0.3 is 4.89 Å². The van der Waals surface area contributed by atoms with Crippen LogP contribution in [0.15, 0.2) is 24.3 Å². The number of halogens is 3. The molecule has 0 fully saturated rings. The largest absolute Gasteiger partial charge is 0.531 e. The maximum Gasteiger partial charge on any atom is 0.531 e. The SMILES string of the molecule is CCC(C)(C)c1cccc(CCCOP(=O)(O)OC(F)(F)F)c1. The van der Waals surface area contributed by atoms with Gasteiger partial charge in [0.2, 0.25) is 0 Å². The topological polar surface area (TPSA) is 55.8 Å². The third kappa shape index (κ3) is 7.48. The average Bonchev–Trinajstić information content (AvgIpc) is 2.41. The molecule has 0 aliphatic heterocycles. The summed E-state index contributed by atoms with van der Waals surface area (Å²) >= 11 is 0. The quantitative estimate of drug-likeness (QED) is 0.529. The van der Waals surface area contributed by atoms with Gasteiger partial charge in [0.05, 0.1) is 6.61 Å². The molecule has 0 aliphatic rings. The highest BCUT2D eigenvalue weighted by atomic mass is 31.2. The van der Waals surface area contributed by atoms with Crippen LogP contribution < -0.4 is 0 Å². The predicted octanol–water partition coefficient (Wildman–Crippen LogP) is 4.96. The minimum atomic E-state index is -5.20. The second kappa shape index (κ2) is 7.79. The van der Waals surface area contributed by atoms with E-state index in [0.29, 0.717) is 12.8 Å². The van der Waals surface area contributed by atoms with Crippen LogP contribution in [0, 0.1) is 0 Å². The van der Waals surface area contributed by atoms with Crippen molar-refractivity contribution in [2.45, 2.75) is 51.8 Å². The zero-order valence-corrected chi connectivity index (χ0v) is 14.3. The number of phosphoric ester groups is 1. The minimum absolute atomic E-state index is 0.0356. The molecule has 0 spiro atoms. The van der Waals surface area contributed by atoms with Gasteiger partial charge in [-0.2, -0.15) is 4.52 Å². The highest BCUT2D eigenvalue weighted by Gasteiger charge is 2.40. The van der Waals surface area contributed by atoms with Gasteiger partial charge in [0.1, 0.15) is 0 Å². The first-order valence-electron chi connectivity index (χ1n) is 7.29. The smallest absolute Gasteiger partial charge is 0.302 e. The lowest BCUT2D eigenvalue weighted by atomic mass is 9.81. The molecule has 1 aromatic carbocycles. The Hall–Kier alpha value is -0.880. The van der Waals surface area contributed by atoms with Crippen LogP contribution in [0.25, 0.3) is 0 Å². The lowest BCUT2D eigenvalue weighted by Crippen LogP contribution is -2.15. The van der Waals surface area contributed by atoms with E-state index in [2.05, 4.69) is 29.8 Å². The maximum absolute atomic E-state index is 11.9. The monoisotopic (exact) mass is 354 g/mol. The standard InChI is InChI=1S/C15H22F3O4P/c1-4-14(2,3)13-9-5-7-12(11-13)8-6-10-21-23(19,20)22-15(16,17)18/h5,7,9,11H,4,6,8,10H2,1-3H3,(H,19,20). The molecular formula is C15H22F3O4P. The molecule has 0 aliphatic carbocycles. The first-order chi connectivity index (χ1) is 10.5. The molecule has 1 atom stereocenters. The van der Waals surface area contributed by atoms with Crippen LogP contribution in [-0.2, 0) is 25.4 Å². The van der Waals surface area contributed by atoms with Gasteiger partial charge in [0, 0.05) is 0 Å². The molecule has 1 unspecified atom stereocenters. The highest BCUT2D eigenvalue weighted by molar-refractivity contribution is 7.47. The van der Waals surface area contributed by atoms with E-state index in [1.165, 1.54) is 5.56 Å². The van der Waals surface area contributed by atoms with Gasteiger partial charge in [-0.1, -0.05) is 45.0 Å². The lowest BCUT2D eigenvalue weighted by Gasteiger charge is -2.24. The zero-order chi connectivity index (χ0) is 17.7. The van der Waals surface area contributed by atoms with Crippen molar-refractivity contribution < 1.29 is 31.7 Å². The van der Waals surface area contributed by atoms with Crippen LogP contribution in [0.3, 0.4) is 0 Å². The van der Waals surface area contributed by atoms with Gasteiger partial charge in [-0.05, 0) is 35.8 Å². The van der Waals surface area contributed by atoms with Gasteiger partial charge in [-0.15, -0.1) is 13.2 Å². The number of phosphoric acid groups is 1. The van der Waals surface area contributed by atoms with Crippen LogP contribution in [0.5, 0.6) is 0 Å². The number of alkyl halides is 3. The molecule has 0 heterocycles. The van der Waals surface area contributed by atoms with E-state index in [9.17, 15) is 17.7 Å². The summed E-state index contributed by atoms with van der Waals surface area (Å²) in [5.41, 5.74) is 2.21. The molecule has 132 valence electrons. The Balaban J connectivity index is 2.51. The van der Waals surface area contributed by atoms with E-state index in [1.807, 2.05) is 24.3 Å². The van der Waals surface area contributed by atoms with Crippen LogP contribution in [-0.4, -0.2) is 17.9 Å². The van der Waals surface area contributed by atoms with Crippen LogP contribution in [0.4, 0.5) is 13.2 Å². The molecule has 0 bridgehead atoms. The van der Waals surface area contributed by atoms with Crippen molar-refractivity contribution in [3.63, 3.8) is 0 Å². The molecule has 0 saturated heterocycles. The summed E-state index contributed by atoms with van der Waals surface area (Å²) in [4.78, 5) is 8.92. The van der Waals surface area contributed by atoms with Crippen molar-refractivity contribution in [2.24, 2.45) is 0 Å². The van der Waals surface area contributed by atoms with Crippen LogP contribution in [0.1, 0.15) is 44.7 Å². The van der Waals surface area contributed by atoms with Crippen molar-refractivity contribution >= 4 is 7.82 Å². The Morgan fingerprint density at radius 2 is 1.91 bits per heavy atom. The van der Waals surface area contributed by atoms with Crippen molar-refractivity contribution in [3.8, 4) is 0 Å². The summed E-state index contributed by atoms with van der Waals surface area (Å²) in [7, 11) is -5.10. The number of aryl methyl sites for hydroxylation is 1.